The lowest BCUT2D eigenvalue weighted by Gasteiger charge is -2.16. The van der Waals surface area contributed by atoms with Crippen LogP contribution < -0.4 is 0 Å². The Bertz CT molecular complexity index is 296. The fraction of sp³-hybridized carbons (Fsp3) is 0.667. The molecule has 1 N–H and O–H groups in total. The molecule has 0 aromatic heterocycles. The predicted molar refractivity (Wildman–Crippen MR) is 73.0 cm³/mol. The minimum atomic E-state index is -0.687. The molecule has 0 aromatic rings. The normalized spacial score (nSPS) is 15.2. The molecule has 0 spiro atoms. The highest BCUT2D eigenvalue weighted by Gasteiger charge is 2.20. The monoisotopic (exact) mass is 238 g/mol. The van der Waals surface area contributed by atoms with Gasteiger partial charge in [-0.15, -0.1) is 0 Å². The number of hydrogen-bond donors (Lipinski definition) is 1. The van der Waals surface area contributed by atoms with E-state index in [2.05, 4.69) is 32.9 Å². The summed E-state index contributed by atoms with van der Waals surface area (Å²) in [5.74, 6) is -0.828. The van der Waals surface area contributed by atoms with Crippen LogP contribution in [0.15, 0.2) is 23.3 Å². The molecule has 0 amide bonds. The van der Waals surface area contributed by atoms with Crippen LogP contribution in [-0.4, -0.2) is 11.1 Å². The van der Waals surface area contributed by atoms with Gasteiger partial charge in [-0.3, -0.25) is 4.79 Å². The highest BCUT2D eigenvalue weighted by Crippen LogP contribution is 2.20. The Morgan fingerprint density at radius 1 is 1.29 bits per heavy atom. The highest BCUT2D eigenvalue weighted by molar-refractivity contribution is 5.70. The molecule has 0 saturated heterocycles. The fourth-order valence-electron chi connectivity index (χ4n) is 2.01. The molecule has 0 aliphatic heterocycles. The van der Waals surface area contributed by atoms with E-state index in [1.54, 1.807) is 0 Å². The Kier molecular flexibility index (Phi) is 7.60. The molecule has 17 heavy (non-hydrogen) atoms. The third-order valence-electron chi connectivity index (χ3n) is 3.03. The van der Waals surface area contributed by atoms with E-state index in [9.17, 15) is 4.79 Å². The summed E-state index contributed by atoms with van der Waals surface area (Å²) in [6.07, 6.45) is 7.08. The van der Waals surface area contributed by atoms with Gasteiger partial charge in [-0.1, -0.05) is 37.1 Å². The number of carboxylic acids is 1. The zero-order valence-electron chi connectivity index (χ0n) is 11.8. The summed E-state index contributed by atoms with van der Waals surface area (Å²) < 4.78 is 0. The molecule has 2 heteroatoms. The Morgan fingerprint density at radius 2 is 1.88 bits per heavy atom. The van der Waals surface area contributed by atoms with Gasteiger partial charge in [-0.25, -0.2) is 0 Å². The van der Waals surface area contributed by atoms with Gasteiger partial charge in [-0.05, 0) is 46.0 Å². The maximum absolute atomic E-state index is 11.0. The number of rotatable bonds is 7. The molecule has 0 radical (unpaired) electrons. The number of carboxylic acid groups (broad SMARTS) is 1. The molecular formula is C15H26O2. The van der Waals surface area contributed by atoms with Crippen LogP contribution in [-0.2, 0) is 4.79 Å². The standard InChI is InChI=1S/C15H26O2/c1-6-14(15(16)17)13(5)10-12(4)9-7-8-11(2)3/h8,10,13-14H,6-7,9H2,1-5H3,(H,16,17)/b12-10+. The second kappa shape index (κ2) is 8.10. The average Bonchev–Trinajstić information content (AvgIpc) is 2.16. The third kappa shape index (κ3) is 6.98. The van der Waals surface area contributed by atoms with Gasteiger partial charge in [0, 0.05) is 0 Å². The van der Waals surface area contributed by atoms with Gasteiger partial charge in [-0.2, -0.15) is 0 Å². The van der Waals surface area contributed by atoms with Crippen molar-refractivity contribution in [2.75, 3.05) is 0 Å². The second-order valence-corrected chi connectivity index (χ2v) is 5.05. The second-order valence-electron chi connectivity index (χ2n) is 5.05. The molecule has 98 valence electrons. The smallest absolute Gasteiger partial charge is 0.307 e. The third-order valence-corrected chi connectivity index (χ3v) is 3.03. The number of allylic oxidation sites excluding steroid dienone is 4. The van der Waals surface area contributed by atoms with Gasteiger partial charge < -0.3 is 5.11 Å². The average molecular weight is 238 g/mol. The van der Waals surface area contributed by atoms with E-state index in [0.29, 0.717) is 6.42 Å². The number of aliphatic carboxylic acids is 1. The van der Waals surface area contributed by atoms with Crippen molar-refractivity contribution in [3.8, 4) is 0 Å². The highest BCUT2D eigenvalue weighted by atomic mass is 16.4. The van der Waals surface area contributed by atoms with Crippen LogP contribution in [0.1, 0.15) is 53.9 Å². The summed E-state index contributed by atoms with van der Waals surface area (Å²) in [5, 5.41) is 9.07. The van der Waals surface area contributed by atoms with Crippen molar-refractivity contribution in [1.82, 2.24) is 0 Å². The molecule has 0 aliphatic carbocycles. The van der Waals surface area contributed by atoms with E-state index in [1.807, 2.05) is 13.8 Å². The molecular weight excluding hydrogens is 212 g/mol. The lowest BCUT2D eigenvalue weighted by Crippen LogP contribution is -2.19. The van der Waals surface area contributed by atoms with Gasteiger partial charge in [0.1, 0.15) is 0 Å². The van der Waals surface area contributed by atoms with Gasteiger partial charge >= 0.3 is 5.97 Å². The zero-order valence-corrected chi connectivity index (χ0v) is 11.8. The largest absolute Gasteiger partial charge is 0.481 e. The molecule has 0 rings (SSSR count). The molecule has 2 nitrogen and oxygen atoms in total. The van der Waals surface area contributed by atoms with Gasteiger partial charge in [0.2, 0.25) is 0 Å². The van der Waals surface area contributed by atoms with E-state index in [0.717, 1.165) is 12.8 Å². The minimum absolute atomic E-state index is 0.115. The Hall–Kier alpha value is -1.05. The molecule has 0 fully saturated rings. The Labute approximate surface area is 105 Å². The van der Waals surface area contributed by atoms with E-state index in [4.69, 9.17) is 5.11 Å². The van der Waals surface area contributed by atoms with Crippen molar-refractivity contribution >= 4 is 5.97 Å². The molecule has 2 atom stereocenters. The molecule has 2 unspecified atom stereocenters. The Balaban J connectivity index is 4.35. The van der Waals surface area contributed by atoms with Crippen LogP contribution in [0.2, 0.25) is 0 Å². The van der Waals surface area contributed by atoms with Crippen molar-refractivity contribution in [1.29, 1.82) is 0 Å². The van der Waals surface area contributed by atoms with Crippen molar-refractivity contribution in [3.05, 3.63) is 23.3 Å². The lowest BCUT2D eigenvalue weighted by atomic mass is 9.89. The van der Waals surface area contributed by atoms with Crippen LogP contribution in [0, 0.1) is 11.8 Å². The van der Waals surface area contributed by atoms with Gasteiger partial charge in [0.25, 0.3) is 0 Å². The van der Waals surface area contributed by atoms with Crippen LogP contribution in [0.4, 0.5) is 0 Å². The maximum Gasteiger partial charge on any atom is 0.307 e. The first-order valence-electron chi connectivity index (χ1n) is 6.41. The van der Waals surface area contributed by atoms with E-state index in [-0.39, 0.29) is 11.8 Å². The van der Waals surface area contributed by atoms with Gasteiger partial charge in [0.05, 0.1) is 5.92 Å². The number of carbonyl (C=O) groups is 1. The first-order chi connectivity index (χ1) is 7.88. The summed E-state index contributed by atoms with van der Waals surface area (Å²) in [6, 6.07) is 0. The minimum Gasteiger partial charge on any atom is -0.481 e. The topological polar surface area (TPSA) is 37.3 Å². The summed E-state index contributed by atoms with van der Waals surface area (Å²) in [5.41, 5.74) is 2.62. The number of hydrogen-bond acceptors (Lipinski definition) is 1. The van der Waals surface area contributed by atoms with Crippen molar-refractivity contribution in [2.45, 2.75) is 53.9 Å². The first-order valence-corrected chi connectivity index (χ1v) is 6.41. The Morgan fingerprint density at radius 3 is 2.29 bits per heavy atom. The van der Waals surface area contributed by atoms with Crippen LogP contribution in [0.25, 0.3) is 0 Å². The first kappa shape index (κ1) is 16.0. The van der Waals surface area contributed by atoms with Crippen LogP contribution >= 0.6 is 0 Å². The van der Waals surface area contributed by atoms with E-state index >= 15 is 0 Å². The zero-order chi connectivity index (χ0) is 13.4. The predicted octanol–water partition coefficient (Wildman–Crippen LogP) is 4.43. The van der Waals surface area contributed by atoms with Crippen molar-refractivity contribution < 1.29 is 9.90 Å². The SMILES string of the molecule is CCC(C(=O)O)C(C)/C=C(\C)CCC=C(C)C. The summed E-state index contributed by atoms with van der Waals surface area (Å²) in [6.45, 7) is 10.2. The maximum atomic E-state index is 11.0. The van der Waals surface area contributed by atoms with E-state index < -0.39 is 5.97 Å². The quantitative estimate of drug-likeness (QED) is 0.666. The fourth-order valence-corrected chi connectivity index (χ4v) is 2.01. The lowest BCUT2D eigenvalue weighted by molar-refractivity contribution is -0.142. The summed E-state index contributed by atoms with van der Waals surface area (Å²) in [4.78, 5) is 11.0. The van der Waals surface area contributed by atoms with Crippen molar-refractivity contribution in [2.24, 2.45) is 11.8 Å². The molecule has 0 aliphatic rings. The van der Waals surface area contributed by atoms with Crippen LogP contribution in [0.3, 0.4) is 0 Å². The van der Waals surface area contributed by atoms with Gasteiger partial charge in [0.15, 0.2) is 0 Å². The van der Waals surface area contributed by atoms with Crippen molar-refractivity contribution in [3.63, 3.8) is 0 Å². The molecule has 0 saturated carbocycles. The van der Waals surface area contributed by atoms with E-state index in [1.165, 1.54) is 11.1 Å². The summed E-state index contributed by atoms with van der Waals surface area (Å²) in [7, 11) is 0. The summed E-state index contributed by atoms with van der Waals surface area (Å²) >= 11 is 0. The molecule has 0 heterocycles. The van der Waals surface area contributed by atoms with Crippen LogP contribution in [0.5, 0.6) is 0 Å². The molecule has 0 aromatic carbocycles. The molecule has 0 bridgehead atoms.